The van der Waals surface area contributed by atoms with Gasteiger partial charge < -0.3 is 11.5 Å². The van der Waals surface area contributed by atoms with Gasteiger partial charge in [0.15, 0.2) is 0 Å². The average molecular weight is 224 g/mol. The van der Waals surface area contributed by atoms with Crippen molar-refractivity contribution in [1.29, 1.82) is 0 Å². The first-order valence-electron chi connectivity index (χ1n) is 4.83. The van der Waals surface area contributed by atoms with Crippen LogP contribution in [0.2, 0.25) is 0 Å². The minimum absolute atomic E-state index is 0.402. The third-order valence-electron chi connectivity index (χ3n) is 1.84. The Hall–Kier alpha value is -1.16. The zero-order chi connectivity index (χ0) is 11.4. The van der Waals surface area contributed by atoms with Crippen molar-refractivity contribution in [3.63, 3.8) is 0 Å². The molecule has 82 valence electrons. The van der Waals surface area contributed by atoms with E-state index >= 15 is 0 Å². The van der Waals surface area contributed by atoms with E-state index < -0.39 is 5.91 Å². The third-order valence-corrected chi connectivity index (χ3v) is 3.33. The first-order chi connectivity index (χ1) is 7.00. The molecule has 0 unspecified atom stereocenters. The van der Waals surface area contributed by atoms with E-state index in [0.717, 1.165) is 10.6 Å². The normalized spacial score (nSPS) is 10.6. The first kappa shape index (κ1) is 11.9. The van der Waals surface area contributed by atoms with Gasteiger partial charge in [-0.25, -0.2) is 0 Å². The van der Waals surface area contributed by atoms with Gasteiger partial charge in [0.2, 0.25) is 5.91 Å². The van der Waals surface area contributed by atoms with Crippen LogP contribution in [0.3, 0.4) is 0 Å². The van der Waals surface area contributed by atoms with Gasteiger partial charge >= 0.3 is 0 Å². The number of hydrogen-bond acceptors (Lipinski definition) is 3. The standard InChI is InChI=1S/C11H16N2OS/c1-7(2)6-15-10-5-8(12)3-4-9(10)11(13)14/h3-5,7H,6,12H2,1-2H3,(H2,13,14). The van der Waals surface area contributed by atoms with Gasteiger partial charge in [-0.3, -0.25) is 4.79 Å². The lowest BCUT2D eigenvalue weighted by atomic mass is 10.2. The van der Waals surface area contributed by atoms with Crippen LogP contribution in [0.25, 0.3) is 0 Å². The number of nitrogen functional groups attached to an aromatic ring is 1. The lowest BCUT2D eigenvalue weighted by molar-refractivity contribution is 0.0997. The molecule has 0 aromatic heterocycles. The summed E-state index contributed by atoms with van der Waals surface area (Å²) in [5.41, 5.74) is 12.2. The van der Waals surface area contributed by atoms with Crippen LogP contribution >= 0.6 is 11.8 Å². The van der Waals surface area contributed by atoms with E-state index in [9.17, 15) is 4.79 Å². The summed E-state index contributed by atoms with van der Waals surface area (Å²) >= 11 is 1.62. The van der Waals surface area contributed by atoms with Crippen LogP contribution in [0, 0.1) is 5.92 Å². The number of benzene rings is 1. The Morgan fingerprint density at radius 2 is 2.13 bits per heavy atom. The van der Waals surface area contributed by atoms with E-state index in [2.05, 4.69) is 13.8 Å². The number of nitrogens with two attached hydrogens (primary N) is 2. The highest BCUT2D eigenvalue weighted by atomic mass is 32.2. The summed E-state index contributed by atoms with van der Waals surface area (Å²) < 4.78 is 0. The molecule has 0 saturated heterocycles. The number of rotatable bonds is 4. The number of amides is 1. The van der Waals surface area contributed by atoms with Crippen LogP contribution in [-0.4, -0.2) is 11.7 Å². The van der Waals surface area contributed by atoms with Crippen molar-refractivity contribution < 1.29 is 4.79 Å². The highest BCUT2D eigenvalue weighted by molar-refractivity contribution is 7.99. The average Bonchev–Trinajstić information content (AvgIpc) is 2.14. The van der Waals surface area contributed by atoms with Crippen LogP contribution in [0.1, 0.15) is 24.2 Å². The molecule has 1 aromatic rings. The Labute approximate surface area is 94.2 Å². The number of hydrogen-bond donors (Lipinski definition) is 2. The molecule has 0 saturated carbocycles. The summed E-state index contributed by atoms with van der Waals surface area (Å²) in [5.74, 6) is 1.11. The molecule has 4 heteroatoms. The van der Waals surface area contributed by atoms with Gasteiger partial charge in [-0.1, -0.05) is 13.8 Å². The Bertz CT molecular complexity index is 364. The molecule has 0 aliphatic rings. The quantitative estimate of drug-likeness (QED) is 0.608. The molecule has 1 rings (SSSR count). The van der Waals surface area contributed by atoms with Crippen molar-refractivity contribution in [2.24, 2.45) is 11.7 Å². The molecule has 0 fully saturated rings. The van der Waals surface area contributed by atoms with Crippen molar-refractivity contribution in [3.05, 3.63) is 23.8 Å². The minimum Gasteiger partial charge on any atom is -0.399 e. The van der Waals surface area contributed by atoms with E-state index in [1.807, 2.05) is 0 Å². The van der Waals surface area contributed by atoms with E-state index in [1.165, 1.54) is 0 Å². The summed E-state index contributed by atoms with van der Waals surface area (Å²) in [6.45, 7) is 4.26. The van der Waals surface area contributed by atoms with Gasteiger partial charge in [-0.15, -0.1) is 11.8 Å². The number of thioether (sulfide) groups is 1. The van der Waals surface area contributed by atoms with Crippen LogP contribution in [0.4, 0.5) is 5.69 Å². The molecule has 1 amide bonds. The fraction of sp³-hybridized carbons (Fsp3) is 0.364. The molecule has 0 atom stereocenters. The predicted molar refractivity (Wildman–Crippen MR) is 64.9 cm³/mol. The highest BCUT2D eigenvalue weighted by Crippen LogP contribution is 2.26. The highest BCUT2D eigenvalue weighted by Gasteiger charge is 2.09. The van der Waals surface area contributed by atoms with Crippen LogP contribution in [0.5, 0.6) is 0 Å². The number of carbonyl (C=O) groups is 1. The Balaban J connectivity index is 2.92. The maximum atomic E-state index is 11.1. The van der Waals surface area contributed by atoms with E-state index in [4.69, 9.17) is 11.5 Å². The Kier molecular flexibility index (Phi) is 4.03. The van der Waals surface area contributed by atoms with E-state index in [-0.39, 0.29) is 0 Å². The second-order valence-corrected chi connectivity index (χ2v) is 4.89. The number of carbonyl (C=O) groups excluding carboxylic acids is 1. The fourth-order valence-corrected chi connectivity index (χ4v) is 2.17. The molecule has 0 heterocycles. The van der Waals surface area contributed by atoms with E-state index in [0.29, 0.717) is 17.2 Å². The SMILES string of the molecule is CC(C)CSc1cc(N)ccc1C(N)=O. The smallest absolute Gasteiger partial charge is 0.249 e. The summed E-state index contributed by atoms with van der Waals surface area (Å²) in [4.78, 5) is 12.0. The van der Waals surface area contributed by atoms with Gasteiger partial charge in [-0.2, -0.15) is 0 Å². The van der Waals surface area contributed by atoms with Crippen molar-refractivity contribution in [3.8, 4) is 0 Å². The molecule has 4 N–H and O–H groups in total. The van der Waals surface area contributed by atoms with Crippen molar-refractivity contribution in [2.45, 2.75) is 18.7 Å². The van der Waals surface area contributed by atoms with Gasteiger partial charge in [0.1, 0.15) is 0 Å². The van der Waals surface area contributed by atoms with Crippen molar-refractivity contribution >= 4 is 23.4 Å². The van der Waals surface area contributed by atoms with Crippen LogP contribution < -0.4 is 11.5 Å². The molecule has 0 aliphatic heterocycles. The zero-order valence-electron chi connectivity index (χ0n) is 8.99. The second kappa shape index (κ2) is 5.07. The maximum absolute atomic E-state index is 11.1. The molecular formula is C11H16N2OS. The summed E-state index contributed by atoms with van der Waals surface area (Å²) in [5, 5.41) is 0. The van der Waals surface area contributed by atoms with Crippen molar-refractivity contribution in [1.82, 2.24) is 0 Å². The number of anilines is 1. The topological polar surface area (TPSA) is 69.1 Å². The molecule has 0 radical (unpaired) electrons. The molecule has 1 aromatic carbocycles. The predicted octanol–water partition coefficient (Wildman–Crippen LogP) is 2.12. The van der Waals surface area contributed by atoms with Gasteiger partial charge in [0, 0.05) is 16.3 Å². The molecule has 15 heavy (non-hydrogen) atoms. The van der Waals surface area contributed by atoms with Crippen LogP contribution in [-0.2, 0) is 0 Å². The Morgan fingerprint density at radius 1 is 1.47 bits per heavy atom. The fourth-order valence-electron chi connectivity index (χ4n) is 1.12. The third kappa shape index (κ3) is 3.47. The maximum Gasteiger partial charge on any atom is 0.249 e. The molecule has 3 nitrogen and oxygen atoms in total. The van der Waals surface area contributed by atoms with Crippen LogP contribution in [0.15, 0.2) is 23.1 Å². The molecule has 0 aliphatic carbocycles. The lowest BCUT2D eigenvalue weighted by Crippen LogP contribution is -2.12. The zero-order valence-corrected chi connectivity index (χ0v) is 9.80. The second-order valence-electron chi connectivity index (χ2n) is 3.82. The Morgan fingerprint density at radius 3 is 2.67 bits per heavy atom. The largest absolute Gasteiger partial charge is 0.399 e. The molecule has 0 bridgehead atoms. The van der Waals surface area contributed by atoms with Crippen molar-refractivity contribution in [2.75, 3.05) is 11.5 Å². The first-order valence-corrected chi connectivity index (χ1v) is 5.81. The van der Waals surface area contributed by atoms with Gasteiger partial charge in [0.05, 0.1) is 5.56 Å². The van der Waals surface area contributed by atoms with Gasteiger partial charge in [0.25, 0.3) is 0 Å². The monoisotopic (exact) mass is 224 g/mol. The summed E-state index contributed by atoms with van der Waals surface area (Å²) in [6.07, 6.45) is 0. The minimum atomic E-state index is -0.402. The summed E-state index contributed by atoms with van der Waals surface area (Å²) in [6, 6.07) is 5.17. The van der Waals surface area contributed by atoms with E-state index in [1.54, 1.807) is 30.0 Å². The molecular weight excluding hydrogens is 208 g/mol. The molecule has 0 spiro atoms. The summed E-state index contributed by atoms with van der Waals surface area (Å²) in [7, 11) is 0. The van der Waals surface area contributed by atoms with Gasteiger partial charge in [-0.05, 0) is 24.1 Å². The lowest BCUT2D eigenvalue weighted by Gasteiger charge is -2.09. The number of primary amides is 1.